The molecular weight excluding hydrogens is 213 g/mol. The summed E-state index contributed by atoms with van der Waals surface area (Å²) < 4.78 is 37.5. The third kappa shape index (κ3) is 2.23. The van der Waals surface area contributed by atoms with Gasteiger partial charge in [0.25, 0.3) is 0 Å². The lowest BCUT2D eigenvalue weighted by atomic mass is 10.0. The molecule has 0 radical (unpaired) electrons. The predicted octanol–water partition coefficient (Wildman–Crippen LogP) is 4.46. The number of rotatable bonds is 2. The molecule has 88 valence electrons. The van der Waals surface area contributed by atoms with Crippen LogP contribution in [0.15, 0.2) is 24.3 Å². The zero-order valence-electron chi connectivity index (χ0n) is 9.38. The smallest absolute Gasteiger partial charge is 0.166 e. The van der Waals surface area contributed by atoms with E-state index in [9.17, 15) is 13.2 Å². The molecule has 0 heterocycles. The Morgan fingerprint density at radius 3 is 2.44 bits per heavy atom. The fraction of sp³-hybridized carbons (Fsp3) is 0.538. The van der Waals surface area contributed by atoms with E-state index in [-0.39, 0.29) is 0 Å². The average molecular weight is 228 g/mol. The molecule has 0 aliphatic heterocycles. The second-order valence-corrected chi connectivity index (χ2v) is 4.87. The van der Waals surface area contributed by atoms with Gasteiger partial charge in [0.15, 0.2) is 0 Å². The van der Waals surface area contributed by atoms with Crippen LogP contribution in [0.1, 0.15) is 37.3 Å². The topological polar surface area (TPSA) is 0 Å². The second-order valence-electron chi connectivity index (χ2n) is 4.87. The molecule has 1 aliphatic rings. The normalized spacial score (nSPS) is 24.9. The standard InChI is InChI=1S/C13H15F3/c1-8(2)11-7-12(11)9-4-3-5-10(6-9)13(14,15)16/h3-6,8,11-12H,7H2,1-2H3/t11-,12+/m0/s1. The van der Waals surface area contributed by atoms with E-state index in [1.807, 2.05) is 6.07 Å². The van der Waals surface area contributed by atoms with Crippen LogP contribution in [0.4, 0.5) is 13.2 Å². The van der Waals surface area contributed by atoms with E-state index < -0.39 is 11.7 Å². The summed E-state index contributed by atoms with van der Waals surface area (Å²) in [5.74, 6) is 1.45. The third-order valence-electron chi connectivity index (χ3n) is 3.34. The summed E-state index contributed by atoms with van der Waals surface area (Å²) in [6, 6.07) is 5.75. The molecule has 0 unspecified atom stereocenters. The molecule has 1 saturated carbocycles. The van der Waals surface area contributed by atoms with E-state index in [0.717, 1.165) is 18.1 Å². The van der Waals surface area contributed by atoms with E-state index in [0.29, 0.717) is 17.8 Å². The third-order valence-corrected chi connectivity index (χ3v) is 3.34. The largest absolute Gasteiger partial charge is 0.416 e. The van der Waals surface area contributed by atoms with Crippen molar-refractivity contribution in [3.05, 3.63) is 35.4 Å². The molecule has 0 nitrogen and oxygen atoms in total. The van der Waals surface area contributed by atoms with Crippen LogP contribution in [0.3, 0.4) is 0 Å². The summed E-state index contributed by atoms with van der Waals surface area (Å²) in [6.07, 6.45) is -3.20. The summed E-state index contributed by atoms with van der Waals surface area (Å²) in [4.78, 5) is 0. The Labute approximate surface area is 93.5 Å². The van der Waals surface area contributed by atoms with Crippen molar-refractivity contribution >= 4 is 0 Å². The number of benzene rings is 1. The van der Waals surface area contributed by atoms with Crippen LogP contribution in [-0.4, -0.2) is 0 Å². The van der Waals surface area contributed by atoms with Crippen LogP contribution >= 0.6 is 0 Å². The number of hydrogen-bond acceptors (Lipinski definition) is 0. The highest BCUT2D eigenvalue weighted by Crippen LogP contribution is 2.52. The van der Waals surface area contributed by atoms with Gasteiger partial charge in [-0.2, -0.15) is 13.2 Å². The zero-order valence-corrected chi connectivity index (χ0v) is 9.38. The number of halogens is 3. The van der Waals surface area contributed by atoms with Gasteiger partial charge in [-0.15, -0.1) is 0 Å². The molecule has 1 aliphatic carbocycles. The summed E-state index contributed by atoms with van der Waals surface area (Å²) in [7, 11) is 0. The highest BCUT2D eigenvalue weighted by atomic mass is 19.4. The van der Waals surface area contributed by atoms with Crippen LogP contribution in [-0.2, 0) is 6.18 Å². The van der Waals surface area contributed by atoms with Crippen molar-refractivity contribution in [3.8, 4) is 0 Å². The van der Waals surface area contributed by atoms with Gasteiger partial charge in [0.1, 0.15) is 0 Å². The van der Waals surface area contributed by atoms with Gasteiger partial charge in [-0.25, -0.2) is 0 Å². The van der Waals surface area contributed by atoms with Crippen LogP contribution in [0.5, 0.6) is 0 Å². The molecule has 16 heavy (non-hydrogen) atoms. The highest BCUT2D eigenvalue weighted by Gasteiger charge is 2.41. The van der Waals surface area contributed by atoms with Crippen LogP contribution in [0.2, 0.25) is 0 Å². The van der Waals surface area contributed by atoms with Crippen LogP contribution in [0.25, 0.3) is 0 Å². The molecule has 1 aromatic carbocycles. The Kier molecular flexibility index (Phi) is 2.72. The van der Waals surface area contributed by atoms with Crippen LogP contribution < -0.4 is 0 Å². The molecular formula is C13H15F3. The molecule has 1 aromatic rings. The van der Waals surface area contributed by atoms with Gasteiger partial charge in [0.2, 0.25) is 0 Å². The highest BCUT2D eigenvalue weighted by molar-refractivity contribution is 5.32. The van der Waals surface area contributed by atoms with Crippen molar-refractivity contribution in [2.75, 3.05) is 0 Å². The predicted molar refractivity (Wildman–Crippen MR) is 57.1 cm³/mol. The van der Waals surface area contributed by atoms with Gasteiger partial charge >= 0.3 is 6.18 Å². The van der Waals surface area contributed by atoms with Gasteiger partial charge in [-0.3, -0.25) is 0 Å². The van der Waals surface area contributed by atoms with E-state index in [2.05, 4.69) is 13.8 Å². The average Bonchev–Trinajstić information content (AvgIpc) is 2.96. The minimum absolute atomic E-state index is 0.335. The summed E-state index contributed by atoms with van der Waals surface area (Å²) in [6.45, 7) is 4.25. The quantitative estimate of drug-likeness (QED) is 0.700. The Morgan fingerprint density at radius 1 is 1.25 bits per heavy atom. The minimum Gasteiger partial charge on any atom is -0.166 e. The minimum atomic E-state index is -4.22. The summed E-state index contributed by atoms with van der Waals surface area (Å²) in [5.41, 5.74) is 0.313. The maximum Gasteiger partial charge on any atom is 0.416 e. The summed E-state index contributed by atoms with van der Waals surface area (Å²) in [5, 5.41) is 0. The molecule has 0 aromatic heterocycles. The molecule has 0 bridgehead atoms. The lowest BCUT2D eigenvalue weighted by Crippen LogP contribution is -2.05. The Balaban J connectivity index is 2.19. The van der Waals surface area contributed by atoms with Crippen molar-refractivity contribution in [1.29, 1.82) is 0 Å². The van der Waals surface area contributed by atoms with Gasteiger partial charge in [0, 0.05) is 0 Å². The van der Waals surface area contributed by atoms with E-state index in [1.165, 1.54) is 12.1 Å². The molecule has 0 amide bonds. The molecule has 1 fully saturated rings. The molecule has 3 heteroatoms. The second kappa shape index (κ2) is 3.79. The molecule has 0 spiro atoms. The van der Waals surface area contributed by atoms with Gasteiger partial charge in [0.05, 0.1) is 5.56 Å². The van der Waals surface area contributed by atoms with Crippen LogP contribution in [0, 0.1) is 11.8 Å². The Morgan fingerprint density at radius 2 is 1.94 bits per heavy atom. The molecule has 2 atom stereocenters. The molecule has 0 saturated heterocycles. The summed E-state index contributed by atoms with van der Waals surface area (Å²) >= 11 is 0. The SMILES string of the molecule is CC(C)[C@@H]1C[C@@H]1c1cccc(C(F)(F)F)c1. The van der Waals surface area contributed by atoms with Gasteiger partial charge in [-0.1, -0.05) is 32.0 Å². The number of alkyl halides is 3. The first-order valence-electron chi connectivity index (χ1n) is 5.56. The van der Waals surface area contributed by atoms with Crippen molar-refractivity contribution in [3.63, 3.8) is 0 Å². The lowest BCUT2D eigenvalue weighted by molar-refractivity contribution is -0.137. The monoisotopic (exact) mass is 228 g/mol. The van der Waals surface area contributed by atoms with Gasteiger partial charge < -0.3 is 0 Å². The first-order chi connectivity index (χ1) is 7.39. The molecule has 2 rings (SSSR count). The first kappa shape index (κ1) is 11.5. The van der Waals surface area contributed by atoms with E-state index in [4.69, 9.17) is 0 Å². The van der Waals surface area contributed by atoms with E-state index in [1.54, 1.807) is 0 Å². The van der Waals surface area contributed by atoms with Crippen molar-refractivity contribution in [2.24, 2.45) is 11.8 Å². The zero-order chi connectivity index (χ0) is 11.9. The fourth-order valence-corrected chi connectivity index (χ4v) is 2.28. The number of hydrogen-bond donors (Lipinski definition) is 0. The molecule has 0 N–H and O–H groups in total. The fourth-order valence-electron chi connectivity index (χ4n) is 2.28. The van der Waals surface area contributed by atoms with Crippen molar-refractivity contribution in [1.82, 2.24) is 0 Å². The van der Waals surface area contributed by atoms with Gasteiger partial charge in [-0.05, 0) is 35.8 Å². The van der Waals surface area contributed by atoms with Crippen molar-refractivity contribution in [2.45, 2.75) is 32.4 Å². The van der Waals surface area contributed by atoms with E-state index >= 15 is 0 Å². The maximum absolute atomic E-state index is 12.5. The maximum atomic E-state index is 12.5. The first-order valence-corrected chi connectivity index (χ1v) is 5.56. The lowest BCUT2D eigenvalue weighted by Gasteiger charge is -2.09. The van der Waals surface area contributed by atoms with Crippen molar-refractivity contribution < 1.29 is 13.2 Å². The Hall–Kier alpha value is -0.990. The Bertz CT molecular complexity index is 379.